The molecular weight excluding hydrogens is 485 g/mol. The minimum atomic E-state index is -1.12. The van der Waals surface area contributed by atoms with Crippen molar-refractivity contribution < 1.29 is 24.2 Å². The standard InChI is InChI=1S/C22H26INO5/c1-22(20(25)26,18-10-6-11-19(23)14-18)16-28-13-7-12-24(2)21(27)29-15-17-8-4-3-5-9-17/h3-6,8-11,14H,7,12-13,15-16H2,1-2H3,(H,25,26). The molecule has 29 heavy (non-hydrogen) atoms. The fourth-order valence-corrected chi connectivity index (χ4v) is 3.24. The number of rotatable bonds is 10. The van der Waals surface area contributed by atoms with Gasteiger partial charge in [0.25, 0.3) is 0 Å². The molecule has 2 aromatic rings. The van der Waals surface area contributed by atoms with E-state index in [9.17, 15) is 14.7 Å². The molecule has 0 radical (unpaired) electrons. The summed E-state index contributed by atoms with van der Waals surface area (Å²) in [4.78, 5) is 25.3. The van der Waals surface area contributed by atoms with Crippen LogP contribution in [0.4, 0.5) is 4.79 Å². The third-order valence-electron chi connectivity index (χ3n) is 4.62. The average molecular weight is 511 g/mol. The molecule has 0 fully saturated rings. The van der Waals surface area contributed by atoms with Crippen LogP contribution in [0.25, 0.3) is 0 Å². The molecule has 156 valence electrons. The van der Waals surface area contributed by atoms with Crippen molar-refractivity contribution in [3.63, 3.8) is 0 Å². The summed E-state index contributed by atoms with van der Waals surface area (Å²) in [6.45, 7) is 2.76. The normalized spacial score (nSPS) is 12.8. The highest BCUT2D eigenvalue weighted by atomic mass is 127. The van der Waals surface area contributed by atoms with Crippen molar-refractivity contribution in [2.45, 2.75) is 25.4 Å². The van der Waals surface area contributed by atoms with E-state index in [0.717, 1.165) is 9.13 Å². The van der Waals surface area contributed by atoms with Crippen molar-refractivity contribution in [1.29, 1.82) is 0 Å². The number of hydrogen-bond acceptors (Lipinski definition) is 4. The van der Waals surface area contributed by atoms with Gasteiger partial charge < -0.3 is 19.5 Å². The Hall–Kier alpha value is -2.13. The van der Waals surface area contributed by atoms with E-state index in [2.05, 4.69) is 22.6 Å². The zero-order valence-corrected chi connectivity index (χ0v) is 18.8. The van der Waals surface area contributed by atoms with Crippen LogP contribution in [0.5, 0.6) is 0 Å². The van der Waals surface area contributed by atoms with Crippen LogP contribution in [0.1, 0.15) is 24.5 Å². The fraction of sp³-hybridized carbons (Fsp3) is 0.364. The molecule has 1 atom stereocenters. The maximum absolute atomic E-state index is 12.0. The van der Waals surface area contributed by atoms with Gasteiger partial charge in [0, 0.05) is 23.8 Å². The van der Waals surface area contributed by atoms with Crippen molar-refractivity contribution in [3.05, 3.63) is 69.3 Å². The van der Waals surface area contributed by atoms with E-state index in [4.69, 9.17) is 9.47 Å². The monoisotopic (exact) mass is 511 g/mol. The molecule has 0 aromatic heterocycles. The van der Waals surface area contributed by atoms with Crippen molar-refractivity contribution >= 4 is 34.7 Å². The SMILES string of the molecule is CN(CCCOCC(C)(C(=O)O)c1cccc(I)c1)C(=O)OCc1ccccc1. The summed E-state index contributed by atoms with van der Waals surface area (Å²) in [7, 11) is 1.67. The Bertz CT molecular complexity index is 814. The van der Waals surface area contributed by atoms with Crippen molar-refractivity contribution in [1.82, 2.24) is 4.90 Å². The Morgan fingerprint density at radius 1 is 1.14 bits per heavy atom. The van der Waals surface area contributed by atoms with E-state index in [1.807, 2.05) is 48.5 Å². The molecular formula is C22H26INO5. The Morgan fingerprint density at radius 2 is 1.86 bits per heavy atom. The van der Waals surface area contributed by atoms with Gasteiger partial charge in [-0.2, -0.15) is 0 Å². The van der Waals surface area contributed by atoms with E-state index in [0.29, 0.717) is 25.1 Å². The molecule has 0 aliphatic carbocycles. The second kappa shape index (κ2) is 11.2. The van der Waals surface area contributed by atoms with Crippen LogP contribution in [0, 0.1) is 3.57 Å². The number of hydrogen-bond donors (Lipinski definition) is 1. The Labute approximate surface area is 185 Å². The summed E-state index contributed by atoms with van der Waals surface area (Å²) in [6.07, 6.45) is 0.182. The van der Waals surface area contributed by atoms with Crippen molar-refractivity contribution in [2.24, 2.45) is 0 Å². The smallest absolute Gasteiger partial charge is 0.409 e. The van der Waals surface area contributed by atoms with Crippen LogP contribution in [-0.4, -0.2) is 48.9 Å². The second-order valence-corrected chi connectivity index (χ2v) is 8.26. The molecule has 2 rings (SSSR count). The van der Waals surface area contributed by atoms with Crippen LogP contribution >= 0.6 is 22.6 Å². The zero-order valence-electron chi connectivity index (χ0n) is 16.6. The van der Waals surface area contributed by atoms with Crippen molar-refractivity contribution in [2.75, 3.05) is 26.8 Å². The molecule has 1 unspecified atom stereocenters. The number of carbonyl (C=O) groups is 2. The molecule has 0 saturated carbocycles. The molecule has 2 aromatic carbocycles. The minimum absolute atomic E-state index is 0.0601. The highest BCUT2D eigenvalue weighted by Gasteiger charge is 2.35. The van der Waals surface area contributed by atoms with E-state index in [1.165, 1.54) is 4.90 Å². The van der Waals surface area contributed by atoms with Crippen LogP contribution < -0.4 is 0 Å². The molecule has 0 heterocycles. The number of carboxylic acids is 1. The van der Waals surface area contributed by atoms with Gasteiger partial charge in [0.1, 0.15) is 12.0 Å². The minimum Gasteiger partial charge on any atom is -0.481 e. The van der Waals surface area contributed by atoms with E-state index < -0.39 is 17.5 Å². The van der Waals surface area contributed by atoms with Crippen LogP contribution in [0.2, 0.25) is 0 Å². The van der Waals surface area contributed by atoms with E-state index >= 15 is 0 Å². The molecule has 0 bridgehead atoms. The first kappa shape index (κ1) is 23.2. The molecule has 7 heteroatoms. The number of carbonyl (C=O) groups excluding carboxylic acids is 1. The Morgan fingerprint density at radius 3 is 2.52 bits per heavy atom. The average Bonchev–Trinajstić information content (AvgIpc) is 2.72. The molecule has 1 N–H and O–H groups in total. The second-order valence-electron chi connectivity index (χ2n) is 7.02. The molecule has 0 aliphatic heterocycles. The maximum Gasteiger partial charge on any atom is 0.409 e. The topological polar surface area (TPSA) is 76.1 Å². The summed E-state index contributed by atoms with van der Waals surface area (Å²) >= 11 is 2.16. The predicted octanol–water partition coefficient (Wildman–Crippen LogP) is 4.31. The van der Waals surface area contributed by atoms with Gasteiger partial charge in [0.15, 0.2) is 0 Å². The highest BCUT2D eigenvalue weighted by Crippen LogP contribution is 2.26. The number of aliphatic carboxylic acids is 1. The first-order valence-electron chi connectivity index (χ1n) is 9.32. The lowest BCUT2D eigenvalue weighted by atomic mass is 9.83. The predicted molar refractivity (Wildman–Crippen MR) is 119 cm³/mol. The van der Waals surface area contributed by atoms with Gasteiger partial charge in [-0.1, -0.05) is 42.5 Å². The maximum atomic E-state index is 12.0. The largest absolute Gasteiger partial charge is 0.481 e. The Balaban J connectivity index is 1.74. The van der Waals surface area contributed by atoms with Crippen molar-refractivity contribution in [3.8, 4) is 0 Å². The summed E-state index contributed by atoms with van der Waals surface area (Å²) in [5.41, 5.74) is 0.515. The number of nitrogens with zero attached hydrogens (tertiary/aromatic N) is 1. The van der Waals surface area contributed by atoms with Gasteiger partial charge in [-0.05, 0) is 59.2 Å². The van der Waals surface area contributed by atoms with Crippen LogP contribution in [0.3, 0.4) is 0 Å². The van der Waals surface area contributed by atoms with Gasteiger partial charge in [0.05, 0.1) is 6.61 Å². The van der Waals surface area contributed by atoms with E-state index in [-0.39, 0.29) is 13.2 Å². The molecule has 0 spiro atoms. The van der Waals surface area contributed by atoms with Gasteiger partial charge in [-0.15, -0.1) is 0 Å². The lowest BCUT2D eigenvalue weighted by Gasteiger charge is -2.25. The number of carboxylic acid groups (broad SMARTS) is 1. The highest BCUT2D eigenvalue weighted by molar-refractivity contribution is 14.1. The Kier molecular flexibility index (Phi) is 8.91. The molecule has 6 nitrogen and oxygen atoms in total. The third-order valence-corrected chi connectivity index (χ3v) is 5.29. The first-order chi connectivity index (χ1) is 13.8. The summed E-state index contributed by atoms with van der Waals surface area (Å²) in [5, 5.41) is 9.70. The van der Waals surface area contributed by atoms with Crippen LogP contribution in [0.15, 0.2) is 54.6 Å². The summed E-state index contributed by atoms with van der Waals surface area (Å²) in [6, 6.07) is 16.9. The number of halogens is 1. The summed E-state index contributed by atoms with van der Waals surface area (Å²) in [5.74, 6) is -0.930. The third kappa shape index (κ3) is 7.01. The summed E-state index contributed by atoms with van der Waals surface area (Å²) < 4.78 is 11.9. The fourth-order valence-electron chi connectivity index (χ4n) is 2.70. The lowest BCUT2D eigenvalue weighted by molar-refractivity contribution is -0.145. The zero-order chi connectivity index (χ0) is 21.3. The van der Waals surface area contributed by atoms with Gasteiger partial charge in [-0.3, -0.25) is 4.79 Å². The number of amides is 1. The lowest BCUT2D eigenvalue weighted by Crippen LogP contribution is -2.38. The van der Waals surface area contributed by atoms with Gasteiger partial charge >= 0.3 is 12.1 Å². The first-order valence-corrected chi connectivity index (χ1v) is 10.4. The van der Waals surface area contributed by atoms with E-state index in [1.54, 1.807) is 20.0 Å². The molecule has 1 amide bonds. The quantitative estimate of drug-likeness (QED) is 0.380. The van der Waals surface area contributed by atoms with Crippen LogP contribution in [-0.2, 0) is 26.3 Å². The number of benzene rings is 2. The molecule has 0 aliphatic rings. The molecule has 0 saturated heterocycles. The number of ether oxygens (including phenoxy) is 2. The van der Waals surface area contributed by atoms with Gasteiger partial charge in [0.2, 0.25) is 0 Å². The van der Waals surface area contributed by atoms with Gasteiger partial charge in [-0.25, -0.2) is 4.79 Å².